The molecule has 0 radical (unpaired) electrons. The molecule has 2 fully saturated rings. The molecular weight excluding hydrogens is 350 g/mol. The van der Waals surface area contributed by atoms with Gasteiger partial charge in [0, 0.05) is 45.9 Å². The summed E-state index contributed by atoms with van der Waals surface area (Å²) in [6.07, 6.45) is 7.45. The fourth-order valence-electron chi connectivity index (χ4n) is 4.36. The van der Waals surface area contributed by atoms with Gasteiger partial charge in [0.05, 0.1) is 6.10 Å². The smallest absolute Gasteiger partial charge is 0.191 e. The highest BCUT2D eigenvalue weighted by molar-refractivity contribution is 5.79. The van der Waals surface area contributed by atoms with Crippen LogP contribution in [0.4, 0.5) is 0 Å². The molecule has 2 aliphatic rings. The van der Waals surface area contributed by atoms with Crippen LogP contribution in [-0.4, -0.2) is 45.9 Å². The van der Waals surface area contributed by atoms with E-state index in [9.17, 15) is 0 Å². The van der Waals surface area contributed by atoms with Gasteiger partial charge in [0.15, 0.2) is 5.96 Å². The standard InChI is InChI=1S/C23H37N3O2/c1-3-24-22(26-18-23(12-8-13-23)14-16-27-2)25-17-20-11-7-15-28-21(20)19-9-5-4-6-10-19/h4-6,9-10,20-21H,3,7-8,11-18H2,1-2H3,(H2,24,25,26). The van der Waals surface area contributed by atoms with Gasteiger partial charge in [-0.1, -0.05) is 36.8 Å². The number of nitrogens with zero attached hydrogens (tertiary/aromatic N) is 1. The van der Waals surface area contributed by atoms with Crippen LogP contribution in [-0.2, 0) is 9.47 Å². The average Bonchev–Trinajstić information content (AvgIpc) is 2.71. The topological polar surface area (TPSA) is 54.9 Å². The van der Waals surface area contributed by atoms with Crippen molar-refractivity contribution >= 4 is 5.96 Å². The highest BCUT2D eigenvalue weighted by atomic mass is 16.5. The van der Waals surface area contributed by atoms with Gasteiger partial charge in [-0.3, -0.25) is 4.99 Å². The molecule has 3 rings (SSSR count). The molecule has 0 amide bonds. The number of hydrogen-bond donors (Lipinski definition) is 2. The van der Waals surface area contributed by atoms with Crippen molar-refractivity contribution in [3.8, 4) is 0 Å². The number of benzene rings is 1. The molecular formula is C23H37N3O2. The maximum absolute atomic E-state index is 6.14. The van der Waals surface area contributed by atoms with Crippen molar-refractivity contribution in [3.63, 3.8) is 0 Å². The number of guanidine groups is 1. The van der Waals surface area contributed by atoms with Crippen molar-refractivity contribution in [2.24, 2.45) is 16.3 Å². The Morgan fingerprint density at radius 3 is 2.71 bits per heavy atom. The molecule has 0 aromatic heterocycles. The molecule has 2 atom stereocenters. The first-order valence-corrected chi connectivity index (χ1v) is 10.9. The molecule has 5 heteroatoms. The van der Waals surface area contributed by atoms with Crippen LogP contribution in [0.25, 0.3) is 0 Å². The van der Waals surface area contributed by atoms with Crippen molar-refractivity contribution in [3.05, 3.63) is 35.9 Å². The zero-order valence-electron chi connectivity index (χ0n) is 17.6. The number of aliphatic imine (C=N–C) groups is 1. The van der Waals surface area contributed by atoms with Gasteiger partial charge in [0.25, 0.3) is 0 Å². The van der Waals surface area contributed by atoms with Crippen LogP contribution in [0.5, 0.6) is 0 Å². The van der Waals surface area contributed by atoms with Gasteiger partial charge < -0.3 is 20.1 Å². The zero-order valence-corrected chi connectivity index (χ0v) is 17.6. The summed E-state index contributed by atoms with van der Waals surface area (Å²) in [4.78, 5) is 4.94. The molecule has 2 N–H and O–H groups in total. The highest BCUT2D eigenvalue weighted by Crippen LogP contribution is 2.44. The Kier molecular flexibility index (Phi) is 8.16. The number of methoxy groups -OCH3 is 1. The van der Waals surface area contributed by atoms with Gasteiger partial charge in [-0.2, -0.15) is 0 Å². The van der Waals surface area contributed by atoms with Gasteiger partial charge in [0.1, 0.15) is 0 Å². The average molecular weight is 388 g/mol. The second kappa shape index (κ2) is 10.8. The molecule has 0 spiro atoms. The minimum Gasteiger partial charge on any atom is -0.385 e. The zero-order chi connectivity index (χ0) is 19.7. The molecule has 28 heavy (non-hydrogen) atoms. The van der Waals surface area contributed by atoms with Crippen LogP contribution in [0.1, 0.15) is 57.1 Å². The lowest BCUT2D eigenvalue weighted by atomic mass is 9.67. The Hall–Kier alpha value is -1.59. The predicted octanol–water partition coefficient (Wildman–Crippen LogP) is 3.92. The van der Waals surface area contributed by atoms with Crippen LogP contribution in [0.3, 0.4) is 0 Å². The van der Waals surface area contributed by atoms with Gasteiger partial charge in [-0.05, 0) is 50.0 Å². The van der Waals surface area contributed by atoms with E-state index in [1.54, 1.807) is 7.11 Å². The van der Waals surface area contributed by atoms with Gasteiger partial charge in [-0.25, -0.2) is 0 Å². The lowest BCUT2D eigenvalue weighted by molar-refractivity contribution is -0.0265. The summed E-state index contributed by atoms with van der Waals surface area (Å²) in [5.74, 6) is 1.40. The number of hydrogen-bond acceptors (Lipinski definition) is 3. The van der Waals surface area contributed by atoms with E-state index in [1.807, 2.05) is 0 Å². The summed E-state index contributed by atoms with van der Waals surface area (Å²) in [5.41, 5.74) is 1.63. The minimum atomic E-state index is 0.171. The molecule has 0 bridgehead atoms. The molecule has 1 aliphatic carbocycles. The van der Waals surface area contributed by atoms with Crippen molar-refractivity contribution in [1.29, 1.82) is 0 Å². The quantitative estimate of drug-likeness (QED) is 0.498. The predicted molar refractivity (Wildman–Crippen MR) is 115 cm³/mol. The SMILES string of the molecule is CCNC(=NCC1(CCOC)CCC1)NCC1CCCOC1c1ccccc1. The van der Waals surface area contributed by atoms with E-state index >= 15 is 0 Å². The number of rotatable bonds is 9. The van der Waals surface area contributed by atoms with E-state index in [0.29, 0.717) is 11.3 Å². The molecule has 1 saturated carbocycles. The molecule has 1 heterocycles. The second-order valence-electron chi connectivity index (χ2n) is 8.28. The monoisotopic (exact) mass is 387 g/mol. The largest absolute Gasteiger partial charge is 0.385 e. The summed E-state index contributed by atoms with van der Waals surface area (Å²) in [6, 6.07) is 10.6. The Bertz CT molecular complexity index is 601. The van der Waals surface area contributed by atoms with Crippen LogP contribution in [0.2, 0.25) is 0 Å². The normalized spacial score (nSPS) is 24.4. The summed E-state index contributed by atoms with van der Waals surface area (Å²) in [7, 11) is 1.79. The summed E-state index contributed by atoms with van der Waals surface area (Å²) >= 11 is 0. The molecule has 1 aromatic rings. The van der Waals surface area contributed by atoms with Crippen molar-refractivity contribution in [2.75, 3.05) is 40.0 Å². The van der Waals surface area contributed by atoms with Crippen LogP contribution in [0, 0.1) is 11.3 Å². The first-order valence-electron chi connectivity index (χ1n) is 10.9. The van der Waals surface area contributed by atoms with Crippen molar-refractivity contribution < 1.29 is 9.47 Å². The Morgan fingerprint density at radius 2 is 2.04 bits per heavy atom. The minimum absolute atomic E-state index is 0.171. The molecule has 1 saturated heterocycles. The fourth-order valence-corrected chi connectivity index (χ4v) is 4.36. The van der Waals surface area contributed by atoms with E-state index in [1.165, 1.54) is 31.2 Å². The van der Waals surface area contributed by atoms with Crippen molar-refractivity contribution in [2.45, 2.75) is 51.6 Å². The first kappa shape index (κ1) is 21.1. The van der Waals surface area contributed by atoms with Gasteiger partial charge in [-0.15, -0.1) is 0 Å². The van der Waals surface area contributed by atoms with E-state index in [0.717, 1.165) is 51.6 Å². The number of nitrogens with one attached hydrogen (secondary N) is 2. The number of ether oxygens (including phenoxy) is 2. The summed E-state index contributed by atoms with van der Waals surface area (Å²) < 4.78 is 11.5. The first-order chi connectivity index (χ1) is 13.8. The Morgan fingerprint density at radius 1 is 1.21 bits per heavy atom. The lowest BCUT2D eigenvalue weighted by Gasteiger charge is -2.41. The van der Waals surface area contributed by atoms with Crippen molar-refractivity contribution in [1.82, 2.24) is 10.6 Å². The molecule has 1 aliphatic heterocycles. The summed E-state index contributed by atoms with van der Waals surface area (Å²) in [6.45, 7) is 6.45. The molecule has 156 valence electrons. The summed E-state index contributed by atoms with van der Waals surface area (Å²) in [5, 5.41) is 7.02. The van der Waals surface area contributed by atoms with E-state index in [2.05, 4.69) is 47.9 Å². The Labute approximate surface area is 170 Å². The highest BCUT2D eigenvalue weighted by Gasteiger charge is 2.36. The third-order valence-electron chi connectivity index (χ3n) is 6.27. The van der Waals surface area contributed by atoms with E-state index < -0.39 is 0 Å². The Balaban J connectivity index is 1.58. The second-order valence-corrected chi connectivity index (χ2v) is 8.28. The molecule has 2 unspecified atom stereocenters. The third-order valence-corrected chi connectivity index (χ3v) is 6.27. The lowest BCUT2D eigenvalue weighted by Crippen LogP contribution is -2.43. The maximum atomic E-state index is 6.14. The van der Waals surface area contributed by atoms with Crippen LogP contribution >= 0.6 is 0 Å². The third kappa shape index (κ3) is 5.71. The van der Waals surface area contributed by atoms with E-state index in [-0.39, 0.29) is 6.10 Å². The molecule has 1 aromatic carbocycles. The van der Waals surface area contributed by atoms with Gasteiger partial charge in [0.2, 0.25) is 0 Å². The fraction of sp³-hybridized carbons (Fsp3) is 0.696. The molecule has 5 nitrogen and oxygen atoms in total. The van der Waals surface area contributed by atoms with Crippen LogP contribution < -0.4 is 10.6 Å². The van der Waals surface area contributed by atoms with E-state index in [4.69, 9.17) is 14.5 Å². The maximum Gasteiger partial charge on any atom is 0.191 e. The van der Waals surface area contributed by atoms with Gasteiger partial charge >= 0.3 is 0 Å². The van der Waals surface area contributed by atoms with Crippen LogP contribution in [0.15, 0.2) is 35.3 Å².